The topological polar surface area (TPSA) is 91.1 Å². The van der Waals surface area contributed by atoms with Crippen molar-refractivity contribution >= 4 is 17.8 Å². The van der Waals surface area contributed by atoms with E-state index in [1.165, 1.54) is 17.4 Å². The number of amides is 2. The molecule has 0 spiro atoms. The highest BCUT2D eigenvalue weighted by Gasteiger charge is 2.31. The highest BCUT2D eigenvalue weighted by atomic mass is 16.4. The maximum atomic E-state index is 12.5. The average Bonchev–Trinajstić information content (AvgIpc) is 3.07. The van der Waals surface area contributed by atoms with E-state index in [9.17, 15) is 14.4 Å². The standard InChI is InChI=1S/C16H22N2O5/c1-11(16(21)22)8-17(2)14(19)12-4-3-6-18(9-12)15(20)13-5-7-23-10-13/h5,7,10-12H,3-4,6,8-9H2,1-2H3,(H,21,22)/t11-,12-/m0/s1. The molecule has 0 aromatic carbocycles. The molecule has 23 heavy (non-hydrogen) atoms. The van der Waals surface area contributed by atoms with E-state index in [0.717, 1.165) is 6.42 Å². The molecule has 1 N–H and O–H groups in total. The number of carboxylic acid groups (broad SMARTS) is 1. The fourth-order valence-corrected chi connectivity index (χ4v) is 2.82. The number of nitrogens with zero attached hydrogens (tertiary/aromatic N) is 2. The molecule has 0 bridgehead atoms. The lowest BCUT2D eigenvalue weighted by atomic mass is 9.95. The van der Waals surface area contributed by atoms with Crippen LogP contribution in [0.3, 0.4) is 0 Å². The predicted octanol–water partition coefficient (Wildman–Crippen LogP) is 1.31. The van der Waals surface area contributed by atoms with E-state index in [2.05, 4.69) is 0 Å². The van der Waals surface area contributed by atoms with Crippen molar-refractivity contribution in [3.8, 4) is 0 Å². The number of aliphatic carboxylic acids is 1. The first-order valence-electron chi connectivity index (χ1n) is 7.69. The highest BCUT2D eigenvalue weighted by Crippen LogP contribution is 2.21. The lowest BCUT2D eigenvalue weighted by Crippen LogP contribution is -2.46. The summed E-state index contributed by atoms with van der Waals surface area (Å²) in [6.45, 7) is 2.71. The maximum absolute atomic E-state index is 12.5. The van der Waals surface area contributed by atoms with Crippen LogP contribution in [0.25, 0.3) is 0 Å². The molecule has 1 aromatic rings. The van der Waals surface area contributed by atoms with Crippen LogP contribution in [0, 0.1) is 11.8 Å². The molecule has 0 aliphatic carbocycles. The van der Waals surface area contributed by atoms with Crippen LogP contribution < -0.4 is 0 Å². The third-order valence-electron chi connectivity index (χ3n) is 4.17. The Bertz CT molecular complexity index is 569. The Kier molecular flexibility index (Phi) is 5.41. The van der Waals surface area contributed by atoms with Gasteiger partial charge in [-0.3, -0.25) is 14.4 Å². The second kappa shape index (κ2) is 7.30. The van der Waals surface area contributed by atoms with Gasteiger partial charge in [-0.15, -0.1) is 0 Å². The zero-order valence-corrected chi connectivity index (χ0v) is 13.4. The Morgan fingerprint density at radius 3 is 2.83 bits per heavy atom. The zero-order chi connectivity index (χ0) is 17.0. The minimum atomic E-state index is -0.926. The number of carbonyl (C=O) groups excluding carboxylic acids is 2. The maximum Gasteiger partial charge on any atom is 0.308 e. The number of hydrogen-bond acceptors (Lipinski definition) is 4. The second-order valence-electron chi connectivity index (χ2n) is 6.06. The third-order valence-corrected chi connectivity index (χ3v) is 4.17. The Labute approximate surface area is 134 Å². The molecule has 0 saturated carbocycles. The monoisotopic (exact) mass is 322 g/mol. The van der Waals surface area contributed by atoms with Gasteiger partial charge in [0.15, 0.2) is 0 Å². The van der Waals surface area contributed by atoms with E-state index in [0.29, 0.717) is 25.1 Å². The Balaban J connectivity index is 1.96. The number of rotatable bonds is 5. The van der Waals surface area contributed by atoms with Gasteiger partial charge in [0.2, 0.25) is 5.91 Å². The van der Waals surface area contributed by atoms with Gasteiger partial charge in [-0.25, -0.2) is 0 Å². The molecule has 2 amide bonds. The molecular weight excluding hydrogens is 300 g/mol. The number of piperidine rings is 1. The van der Waals surface area contributed by atoms with Gasteiger partial charge in [0, 0.05) is 26.7 Å². The van der Waals surface area contributed by atoms with Crippen molar-refractivity contribution in [1.82, 2.24) is 9.80 Å². The van der Waals surface area contributed by atoms with Crippen LogP contribution >= 0.6 is 0 Å². The molecule has 1 aliphatic heterocycles. The van der Waals surface area contributed by atoms with Crippen molar-refractivity contribution in [1.29, 1.82) is 0 Å². The normalized spacial score (nSPS) is 19.2. The molecular formula is C16H22N2O5. The van der Waals surface area contributed by atoms with Crippen LogP contribution in [0.2, 0.25) is 0 Å². The minimum Gasteiger partial charge on any atom is -0.481 e. The first-order valence-corrected chi connectivity index (χ1v) is 7.69. The summed E-state index contributed by atoms with van der Waals surface area (Å²) in [6.07, 6.45) is 4.30. The van der Waals surface area contributed by atoms with Crippen molar-refractivity contribution < 1.29 is 23.9 Å². The van der Waals surface area contributed by atoms with Gasteiger partial charge in [-0.05, 0) is 18.9 Å². The van der Waals surface area contributed by atoms with Crippen molar-refractivity contribution in [2.24, 2.45) is 11.8 Å². The molecule has 2 heterocycles. The number of furan rings is 1. The van der Waals surface area contributed by atoms with Crippen LogP contribution in [0.4, 0.5) is 0 Å². The molecule has 7 nitrogen and oxygen atoms in total. The van der Waals surface area contributed by atoms with Gasteiger partial charge < -0.3 is 19.3 Å². The summed E-state index contributed by atoms with van der Waals surface area (Å²) in [6, 6.07) is 1.61. The van der Waals surface area contributed by atoms with Crippen LogP contribution in [0.15, 0.2) is 23.0 Å². The summed E-state index contributed by atoms with van der Waals surface area (Å²) in [5.41, 5.74) is 0.478. The van der Waals surface area contributed by atoms with Crippen LogP contribution in [-0.4, -0.2) is 59.4 Å². The smallest absolute Gasteiger partial charge is 0.308 e. The zero-order valence-electron chi connectivity index (χ0n) is 13.4. The quantitative estimate of drug-likeness (QED) is 0.882. The summed E-state index contributed by atoms with van der Waals surface area (Å²) in [5.74, 6) is -2.08. The van der Waals surface area contributed by atoms with E-state index in [1.54, 1.807) is 24.9 Å². The molecule has 0 radical (unpaired) electrons. The molecule has 126 valence electrons. The fraction of sp³-hybridized carbons (Fsp3) is 0.562. The van der Waals surface area contributed by atoms with E-state index >= 15 is 0 Å². The Morgan fingerprint density at radius 2 is 2.22 bits per heavy atom. The van der Waals surface area contributed by atoms with E-state index in [-0.39, 0.29) is 24.3 Å². The fourth-order valence-electron chi connectivity index (χ4n) is 2.82. The number of carbonyl (C=O) groups is 3. The highest BCUT2D eigenvalue weighted by molar-refractivity contribution is 5.94. The molecule has 1 fully saturated rings. The third kappa shape index (κ3) is 4.12. The lowest BCUT2D eigenvalue weighted by Gasteiger charge is -2.34. The Hall–Kier alpha value is -2.31. The van der Waals surface area contributed by atoms with Crippen molar-refractivity contribution in [2.75, 3.05) is 26.7 Å². The van der Waals surface area contributed by atoms with Crippen molar-refractivity contribution in [3.05, 3.63) is 24.2 Å². The second-order valence-corrected chi connectivity index (χ2v) is 6.06. The summed E-state index contributed by atoms with van der Waals surface area (Å²) in [4.78, 5) is 38.8. The van der Waals surface area contributed by atoms with Crippen molar-refractivity contribution in [3.63, 3.8) is 0 Å². The minimum absolute atomic E-state index is 0.109. The molecule has 7 heteroatoms. The summed E-state index contributed by atoms with van der Waals surface area (Å²) >= 11 is 0. The molecule has 2 rings (SSSR count). The average molecular weight is 322 g/mol. The van der Waals surface area contributed by atoms with Gasteiger partial charge in [0.05, 0.1) is 23.7 Å². The first-order chi connectivity index (χ1) is 10.9. The lowest BCUT2D eigenvalue weighted by molar-refractivity contribution is -0.143. The predicted molar refractivity (Wildman–Crippen MR) is 81.8 cm³/mol. The van der Waals surface area contributed by atoms with Gasteiger partial charge in [-0.1, -0.05) is 6.92 Å². The summed E-state index contributed by atoms with van der Waals surface area (Å²) in [7, 11) is 1.61. The van der Waals surface area contributed by atoms with Crippen LogP contribution in [0.5, 0.6) is 0 Å². The molecule has 2 atom stereocenters. The van der Waals surface area contributed by atoms with Crippen LogP contribution in [0.1, 0.15) is 30.1 Å². The van der Waals surface area contributed by atoms with Gasteiger partial charge in [0.25, 0.3) is 5.91 Å². The number of hydrogen-bond donors (Lipinski definition) is 1. The van der Waals surface area contributed by atoms with Crippen molar-refractivity contribution in [2.45, 2.75) is 19.8 Å². The van der Waals surface area contributed by atoms with Gasteiger partial charge in [0.1, 0.15) is 6.26 Å². The molecule has 0 unspecified atom stereocenters. The molecule has 1 aromatic heterocycles. The molecule has 1 saturated heterocycles. The largest absolute Gasteiger partial charge is 0.481 e. The van der Waals surface area contributed by atoms with Crippen LogP contribution in [-0.2, 0) is 9.59 Å². The molecule has 1 aliphatic rings. The summed E-state index contributed by atoms with van der Waals surface area (Å²) < 4.78 is 4.93. The summed E-state index contributed by atoms with van der Waals surface area (Å²) in [5, 5.41) is 8.94. The van der Waals surface area contributed by atoms with E-state index < -0.39 is 11.9 Å². The first kappa shape index (κ1) is 17.1. The number of carboxylic acids is 1. The Morgan fingerprint density at radius 1 is 1.48 bits per heavy atom. The number of likely N-dealkylation sites (tertiary alicyclic amines) is 1. The SMILES string of the molecule is C[C@@H](CN(C)C(=O)[C@H]1CCCN(C(=O)c2ccoc2)C1)C(=O)O. The van der Waals surface area contributed by atoms with E-state index in [1.807, 2.05) is 0 Å². The van der Waals surface area contributed by atoms with Gasteiger partial charge >= 0.3 is 5.97 Å². The van der Waals surface area contributed by atoms with Gasteiger partial charge in [-0.2, -0.15) is 0 Å². The van der Waals surface area contributed by atoms with E-state index in [4.69, 9.17) is 9.52 Å².